The Morgan fingerprint density at radius 2 is 1.76 bits per heavy atom. The Kier molecular flexibility index (Phi) is 4.75. The Bertz CT molecular complexity index is 670. The summed E-state index contributed by atoms with van der Waals surface area (Å²) in [5, 5.41) is 11.9. The van der Waals surface area contributed by atoms with E-state index >= 15 is 0 Å². The summed E-state index contributed by atoms with van der Waals surface area (Å²) in [6.45, 7) is 1.80. The summed E-state index contributed by atoms with van der Waals surface area (Å²) in [7, 11) is 0. The minimum absolute atomic E-state index is 0.412. The van der Waals surface area contributed by atoms with Gasteiger partial charge in [-0.05, 0) is 30.2 Å². The molecular formula is C16H14BrNO3. The molecule has 4 nitrogen and oxygen atoms in total. The fraction of sp³-hybridized carbons (Fsp3) is 0.125. The van der Waals surface area contributed by atoms with Crippen molar-refractivity contribution in [3.05, 3.63) is 69.7 Å². The summed E-state index contributed by atoms with van der Waals surface area (Å²) in [6, 6.07) is 12.8. The molecule has 0 unspecified atom stereocenters. The van der Waals surface area contributed by atoms with Crippen LogP contribution in [0.1, 0.15) is 27.5 Å². The van der Waals surface area contributed by atoms with Gasteiger partial charge in [-0.3, -0.25) is 4.79 Å². The lowest BCUT2D eigenvalue weighted by molar-refractivity contribution is -0.139. The number of carboxylic acid groups (broad SMARTS) is 1. The Hall–Kier alpha value is -2.14. The van der Waals surface area contributed by atoms with Crippen LogP contribution in [0.3, 0.4) is 0 Å². The molecule has 2 aromatic rings. The lowest BCUT2D eigenvalue weighted by Crippen LogP contribution is -2.34. The molecule has 0 saturated carbocycles. The second kappa shape index (κ2) is 6.54. The highest BCUT2D eigenvalue weighted by molar-refractivity contribution is 9.10. The maximum absolute atomic E-state index is 12.3. The van der Waals surface area contributed by atoms with Crippen LogP contribution in [0.25, 0.3) is 0 Å². The van der Waals surface area contributed by atoms with E-state index in [1.165, 1.54) is 0 Å². The lowest BCUT2D eigenvalue weighted by Gasteiger charge is -2.16. The van der Waals surface area contributed by atoms with E-state index in [9.17, 15) is 14.7 Å². The molecular weight excluding hydrogens is 334 g/mol. The normalized spacial score (nSPS) is 11.7. The van der Waals surface area contributed by atoms with Gasteiger partial charge in [-0.15, -0.1) is 0 Å². The van der Waals surface area contributed by atoms with Gasteiger partial charge in [0.1, 0.15) is 0 Å². The third-order valence-corrected chi connectivity index (χ3v) is 4.03. The van der Waals surface area contributed by atoms with Crippen molar-refractivity contribution in [1.29, 1.82) is 0 Å². The van der Waals surface area contributed by atoms with Gasteiger partial charge >= 0.3 is 5.97 Å². The number of benzene rings is 2. The average Bonchev–Trinajstić information content (AvgIpc) is 2.48. The maximum atomic E-state index is 12.3. The number of halogens is 1. The summed E-state index contributed by atoms with van der Waals surface area (Å²) < 4.78 is 0.807. The van der Waals surface area contributed by atoms with Crippen molar-refractivity contribution >= 4 is 27.8 Å². The molecule has 2 aromatic carbocycles. The van der Waals surface area contributed by atoms with E-state index in [0.717, 1.165) is 10.0 Å². The first-order valence-electron chi connectivity index (χ1n) is 6.34. The fourth-order valence-electron chi connectivity index (χ4n) is 2.00. The monoisotopic (exact) mass is 347 g/mol. The predicted molar refractivity (Wildman–Crippen MR) is 83.2 cm³/mol. The van der Waals surface area contributed by atoms with E-state index in [-0.39, 0.29) is 0 Å². The van der Waals surface area contributed by atoms with Gasteiger partial charge in [-0.1, -0.05) is 52.3 Å². The molecule has 5 heteroatoms. The lowest BCUT2D eigenvalue weighted by atomic mass is 10.0. The number of amides is 1. The van der Waals surface area contributed by atoms with Gasteiger partial charge in [0.25, 0.3) is 5.91 Å². The average molecular weight is 348 g/mol. The van der Waals surface area contributed by atoms with Gasteiger partial charge in [0.15, 0.2) is 6.04 Å². The van der Waals surface area contributed by atoms with Crippen LogP contribution >= 0.6 is 15.9 Å². The van der Waals surface area contributed by atoms with Gasteiger partial charge < -0.3 is 10.4 Å². The number of aliphatic carboxylic acids is 1. The van der Waals surface area contributed by atoms with Crippen LogP contribution in [0, 0.1) is 6.92 Å². The molecule has 0 aliphatic heterocycles. The predicted octanol–water partition coefficient (Wildman–Crippen LogP) is 3.31. The largest absolute Gasteiger partial charge is 0.479 e. The van der Waals surface area contributed by atoms with Gasteiger partial charge in [0, 0.05) is 10.0 Å². The smallest absolute Gasteiger partial charge is 0.330 e. The molecule has 108 valence electrons. The Labute approximate surface area is 130 Å². The van der Waals surface area contributed by atoms with Gasteiger partial charge in [-0.25, -0.2) is 4.79 Å². The first-order chi connectivity index (χ1) is 10.0. The van der Waals surface area contributed by atoms with Crippen LogP contribution in [0.5, 0.6) is 0 Å². The topological polar surface area (TPSA) is 66.4 Å². The highest BCUT2D eigenvalue weighted by atomic mass is 79.9. The zero-order valence-electron chi connectivity index (χ0n) is 11.3. The minimum atomic E-state index is -1.10. The number of carbonyl (C=O) groups excluding carboxylic acids is 1. The van der Waals surface area contributed by atoms with E-state index in [2.05, 4.69) is 21.2 Å². The van der Waals surface area contributed by atoms with Crippen molar-refractivity contribution in [2.75, 3.05) is 0 Å². The minimum Gasteiger partial charge on any atom is -0.479 e. The molecule has 0 aliphatic carbocycles. The molecule has 2 rings (SSSR count). The number of hydrogen-bond acceptors (Lipinski definition) is 2. The van der Waals surface area contributed by atoms with Crippen LogP contribution in [-0.4, -0.2) is 17.0 Å². The van der Waals surface area contributed by atoms with Crippen LogP contribution in [-0.2, 0) is 4.79 Å². The zero-order valence-corrected chi connectivity index (χ0v) is 12.9. The molecule has 0 spiro atoms. The summed E-state index contributed by atoms with van der Waals surface area (Å²) in [5.41, 5.74) is 1.75. The quantitative estimate of drug-likeness (QED) is 0.891. The number of rotatable bonds is 4. The molecule has 0 fully saturated rings. The number of carboxylic acids is 1. The van der Waals surface area contributed by atoms with E-state index in [4.69, 9.17) is 0 Å². The second-order valence-corrected chi connectivity index (χ2v) is 5.42. The number of carbonyl (C=O) groups is 2. The summed E-state index contributed by atoms with van der Waals surface area (Å²) >= 11 is 3.36. The summed E-state index contributed by atoms with van der Waals surface area (Å²) in [6.07, 6.45) is 0. The van der Waals surface area contributed by atoms with E-state index in [0.29, 0.717) is 11.1 Å². The first-order valence-corrected chi connectivity index (χ1v) is 7.13. The summed E-state index contributed by atoms with van der Waals surface area (Å²) in [4.78, 5) is 23.7. The Morgan fingerprint density at radius 1 is 1.10 bits per heavy atom. The van der Waals surface area contributed by atoms with Gasteiger partial charge in [0.05, 0.1) is 0 Å². The molecule has 0 radical (unpaired) electrons. The van der Waals surface area contributed by atoms with Crippen LogP contribution in [0.15, 0.2) is 53.0 Å². The standard InChI is InChI=1S/C16H14BrNO3/c1-10-12(8-5-9-13(10)17)15(19)18-14(16(20)21)11-6-3-2-4-7-11/h2-9,14H,1H3,(H,18,19)(H,20,21)/t14-/m0/s1. The molecule has 0 aromatic heterocycles. The molecule has 0 aliphatic rings. The summed E-state index contributed by atoms with van der Waals surface area (Å²) in [5.74, 6) is -1.51. The molecule has 1 amide bonds. The molecule has 0 saturated heterocycles. The third-order valence-electron chi connectivity index (χ3n) is 3.17. The molecule has 1 atom stereocenters. The van der Waals surface area contributed by atoms with Crippen molar-refractivity contribution in [2.45, 2.75) is 13.0 Å². The first kappa shape index (κ1) is 15.3. The van der Waals surface area contributed by atoms with Crippen LogP contribution in [0.4, 0.5) is 0 Å². The van der Waals surface area contributed by atoms with Crippen molar-refractivity contribution in [3.8, 4) is 0 Å². The molecule has 2 N–H and O–H groups in total. The van der Waals surface area contributed by atoms with Gasteiger partial charge in [0.2, 0.25) is 0 Å². The van der Waals surface area contributed by atoms with E-state index in [1.807, 2.05) is 6.07 Å². The molecule has 21 heavy (non-hydrogen) atoms. The highest BCUT2D eigenvalue weighted by Gasteiger charge is 2.23. The van der Waals surface area contributed by atoms with Crippen molar-refractivity contribution in [1.82, 2.24) is 5.32 Å². The van der Waals surface area contributed by atoms with Crippen molar-refractivity contribution < 1.29 is 14.7 Å². The fourth-order valence-corrected chi connectivity index (χ4v) is 2.36. The van der Waals surface area contributed by atoms with Crippen LogP contribution < -0.4 is 5.32 Å². The number of nitrogens with one attached hydrogen (secondary N) is 1. The zero-order chi connectivity index (χ0) is 15.4. The SMILES string of the molecule is Cc1c(Br)cccc1C(=O)N[C@H](C(=O)O)c1ccccc1. The molecule has 0 heterocycles. The van der Waals surface area contributed by atoms with E-state index in [1.54, 1.807) is 49.4 Å². The second-order valence-electron chi connectivity index (χ2n) is 4.57. The highest BCUT2D eigenvalue weighted by Crippen LogP contribution is 2.20. The Morgan fingerprint density at radius 3 is 2.38 bits per heavy atom. The Balaban J connectivity index is 2.28. The van der Waals surface area contributed by atoms with Crippen LogP contribution in [0.2, 0.25) is 0 Å². The number of hydrogen-bond donors (Lipinski definition) is 2. The maximum Gasteiger partial charge on any atom is 0.330 e. The van der Waals surface area contributed by atoms with Crippen molar-refractivity contribution in [2.24, 2.45) is 0 Å². The van der Waals surface area contributed by atoms with E-state index < -0.39 is 17.9 Å². The molecule has 0 bridgehead atoms. The van der Waals surface area contributed by atoms with Crippen molar-refractivity contribution in [3.63, 3.8) is 0 Å². The van der Waals surface area contributed by atoms with Gasteiger partial charge in [-0.2, -0.15) is 0 Å². The third kappa shape index (κ3) is 3.49.